The van der Waals surface area contributed by atoms with Crippen molar-refractivity contribution >= 4 is 11.9 Å². The number of piperazine rings is 1. The third kappa shape index (κ3) is 4.90. The van der Waals surface area contributed by atoms with Crippen LogP contribution in [0.1, 0.15) is 17.0 Å². The highest BCUT2D eigenvalue weighted by Gasteiger charge is 2.23. The molecule has 6 nitrogen and oxygen atoms in total. The fourth-order valence-corrected chi connectivity index (χ4v) is 3.41. The molecule has 0 aliphatic carbocycles. The van der Waals surface area contributed by atoms with Gasteiger partial charge in [0.15, 0.2) is 0 Å². The molecule has 0 spiro atoms. The second-order valence-electron chi connectivity index (χ2n) is 7.12. The predicted octanol–water partition coefficient (Wildman–Crippen LogP) is 3.70. The quantitative estimate of drug-likeness (QED) is 0.682. The van der Waals surface area contributed by atoms with Gasteiger partial charge in [0, 0.05) is 50.2 Å². The van der Waals surface area contributed by atoms with Crippen molar-refractivity contribution in [3.8, 4) is 5.75 Å². The highest BCUT2D eigenvalue weighted by Crippen LogP contribution is 2.17. The average Bonchev–Trinajstić information content (AvgIpc) is 2.76. The molecule has 0 bridgehead atoms. The van der Waals surface area contributed by atoms with E-state index < -0.39 is 0 Å². The predicted molar refractivity (Wildman–Crippen MR) is 112 cm³/mol. The molecule has 1 fully saturated rings. The average molecular weight is 388 g/mol. The summed E-state index contributed by atoms with van der Waals surface area (Å²) in [5, 5.41) is 0. The molecule has 0 radical (unpaired) electrons. The van der Waals surface area contributed by atoms with Crippen LogP contribution in [0.2, 0.25) is 0 Å². The van der Waals surface area contributed by atoms with Crippen molar-refractivity contribution in [2.24, 2.45) is 0 Å². The molecule has 1 saturated heterocycles. The fraction of sp³-hybridized carbons (Fsp3) is 0.261. The normalized spacial score (nSPS) is 14.0. The number of carbonyl (C=O) groups is 1. The van der Waals surface area contributed by atoms with Crippen LogP contribution in [0, 0.1) is 6.92 Å². The number of carbonyl (C=O) groups excluding carboxylic acids is 1. The van der Waals surface area contributed by atoms with E-state index in [1.54, 1.807) is 11.1 Å². The zero-order valence-electron chi connectivity index (χ0n) is 16.5. The Morgan fingerprint density at radius 2 is 1.76 bits per heavy atom. The van der Waals surface area contributed by atoms with Gasteiger partial charge in [-0.2, -0.15) is 0 Å². The maximum atomic E-state index is 12.5. The third-order valence-electron chi connectivity index (χ3n) is 4.97. The first-order chi connectivity index (χ1) is 14.2. The maximum Gasteiger partial charge on any atom is 0.415 e. The van der Waals surface area contributed by atoms with E-state index >= 15 is 0 Å². The molecule has 1 aromatic carbocycles. The van der Waals surface area contributed by atoms with Crippen LogP contribution in [-0.4, -0.2) is 47.1 Å². The van der Waals surface area contributed by atoms with Gasteiger partial charge >= 0.3 is 6.09 Å². The van der Waals surface area contributed by atoms with Gasteiger partial charge in [-0.1, -0.05) is 24.3 Å². The van der Waals surface area contributed by atoms with Crippen LogP contribution < -0.4 is 9.64 Å². The van der Waals surface area contributed by atoms with Crippen molar-refractivity contribution < 1.29 is 9.53 Å². The van der Waals surface area contributed by atoms with Gasteiger partial charge < -0.3 is 14.5 Å². The molecule has 1 aliphatic heterocycles. The third-order valence-corrected chi connectivity index (χ3v) is 4.97. The minimum Gasteiger partial charge on any atom is -0.410 e. The molecule has 6 heteroatoms. The lowest BCUT2D eigenvalue weighted by Gasteiger charge is -2.34. The van der Waals surface area contributed by atoms with Gasteiger partial charge in [-0.3, -0.25) is 4.98 Å². The Morgan fingerprint density at radius 3 is 2.45 bits per heavy atom. The summed E-state index contributed by atoms with van der Waals surface area (Å²) in [6.07, 6.45) is 2.24. The van der Waals surface area contributed by atoms with Crippen LogP contribution in [0.25, 0.3) is 0 Å². The van der Waals surface area contributed by atoms with E-state index in [0.717, 1.165) is 42.3 Å². The topological polar surface area (TPSA) is 58.6 Å². The minimum absolute atomic E-state index is 0.307. The number of nitrogens with zero attached hydrogens (tertiary/aromatic N) is 4. The number of rotatable bonds is 4. The largest absolute Gasteiger partial charge is 0.415 e. The number of aromatic nitrogens is 2. The summed E-state index contributed by atoms with van der Waals surface area (Å²) in [7, 11) is 0. The standard InChI is InChI=1S/C23H24N4O2/c1-18-5-4-6-20(25-18)17-19-8-10-21(11-9-19)29-23(28)27-15-13-26(14-16-27)22-7-2-3-12-24-22/h2-12H,13-17H2,1H3. The SMILES string of the molecule is Cc1cccc(Cc2ccc(OC(=O)N3CCN(c4ccccn4)CC3)cc2)n1. The molecule has 1 aliphatic rings. The Kier molecular flexibility index (Phi) is 5.70. The molecule has 148 valence electrons. The van der Waals surface area contributed by atoms with Gasteiger partial charge in [0.25, 0.3) is 0 Å². The van der Waals surface area contributed by atoms with E-state index in [1.807, 2.05) is 67.6 Å². The second kappa shape index (κ2) is 8.73. The van der Waals surface area contributed by atoms with Crippen LogP contribution in [0.5, 0.6) is 5.75 Å². The molecule has 0 atom stereocenters. The number of hydrogen-bond donors (Lipinski definition) is 0. The first-order valence-corrected chi connectivity index (χ1v) is 9.81. The molecule has 0 saturated carbocycles. The summed E-state index contributed by atoms with van der Waals surface area (Å²) < 4.78 is 5.56. The van der Waals surface area contributed by atoms with Crippen LogP contribution in [0.4, 0.5) is 10.6 Å². The van der Waals surface area contributed by atoms with Crippen molar-refractivity contribution in [2.75, 3.05) is 31.1 Å². The molecule has 2 aromatic heterocycles. The zero-order valence-corrected chi connectivity index (χ0v) is 16.5. The summed E-state index contributed by atoms with van der Waals surface area (Å²) in [4.78, 5) is 25.3. The lowest BCUT2D eigenvalue weighted by Crippen LogP contribution is -2.49. The van der Waals surface area contributed by atoms with Crippen LogP contribution >= 0.6 is 0 Å². The lowest BCUT2D eigenvalue weighted by molar-refractivity contribution is 0.149. The van der Waals surface area contributed by atoms with E-state index in [0.29, 0.717) is 18.8 Å². The molecule has 0 N–H and O–H groups in total. The van der Waals surface area contributed by atoms with Gasteiger partial charge in [-0.05, 0) is 48.9 Å². The van der Waals surface area contributed by atoms with Gasteiger partial charge in [-0.25, -0.2) is 9.78 Å². The van der Waals surface area contributed by atoms with Gasteiger partial charge in [-0.15, -0.1) is 0 Å². The van der Waals surface area contributed by atoms with E-state index in [9.17, 15) is 4.79 Å². The Hall–Kier alpha value is -3.41. The first kappa shape index (κ1) is 18.9. The van der Waals surface area contributed by atoms with Gasteiger partial charge in [0.1, 0.15) is 11.6 Å². The van der Waals surface area contributed by atoms with Crippen LogP contribution in [-0.2, 0) is 6.42 Å². The number of aryl methyl sites for hydroxylation is 1. The van der Waals surface area contributed by atoms with E-state index in [4.69, 9.17) is 4.74 Å². The van der Waals surface area contributed by atoms with E-state index in [1.165, 1.54) is 0 Å². The van der Waals surface area contributed by atoms with E-state index in [-0.39, 0.29) is 6.09 Å². The van der Waals surface area contributed by atoms with Crippen molar-refractivity contribution in [1.29, 1.82) is 0 Å². The fourth-order valence-electron chi connectivity index (χ4n) is 3.41. The van der Waals surface area contributed by atoms with Crippen LogP contribution in [0.15, 0.2) is 66.9 Å². The lowest BCUT2D eigenvalue weighted by atomic mass is 10.1. The molecule has 1 amide bonds. The van der Waals surface area contributed by atoms with Crippen molar-refractivity contribution in [3.05, 3.63) is 83.8 Å². The highest BCUT2D eigenvalue weighted by molar-refractivity contribution is 5.71. The number of anilines is 1. The number of pyridine rings is 2. The van der Waals surface area contributed by atoms with Crippen molar-refractivity contribution in [2.45, 2.75) is 13.3 Å². The monoisotopic (exact) mass is 388 g/mol. The number of amides is 1. The number of ether oxygens (including phenoxy) is 1. The maximum absolute atomic E-state index is 12.5. The Bertz CT molecular complexity index is 952. The molecule has 3 heterocycles. The number of benzene rings is 1. The summed E-state index contributed by atoms with van der Waals surface area (Å²) in [6.45, 7) is 4.71. The first-order valence-electron chi connectivity index (χ1n) is 9.81. The van der Waals surface area contributed by atoms with Gasteiger partial charge in [0.05, 0.1) is 0 Å². The summed E-state index contributed by atoms with van der Waals surface area (Å²) >= 11 is 0. The van der Waals surface area contributed by atoms with Crippen molar-refractivity contribution in [1.82, 2.24) is 14.9 Å². The Morgan fingerprint density at radius 1 is 0.966 bits per heavy atom. The van der Waals surface area contributed by atoms with Crippen molar-refractivity contribution in [3.63, 3.8) is 0 Å². The summed E-state index contributed by atoms with van der Waals surface area (Å²) in [6, 6.07) is 19.5. The van der Waals surface area contributed by atoms with Gasteiger partial charge in [0.2, 0.25) is 0 Å². The molecule has 4 rings (SSSR count). The summed E-state index contributed by atoms with van der Waals surface area (Å²) in [5.41, 5.74) is 3.17. The van der Waals surface area contributed by atoms with Crippen LogP contribution in [0.3, 0.4) is 0 Å². The Labute approximate surface area is 170 Å². The molecule has 3 aromatic rings. The highest BCUT2D eigenvalue weighted by atomic mass is 16.6. The minimum atomic E-state index is -0.307. The molecular weight excluding hydrogens is 364 g/mol. The summed E-state index contributed by atoms with van der Waals surface area (Å²) in [5.74, 6) is 1.50. The number of hydrogen-bond acceptors (Lipinski definition) is 5. The second-order valence-corrected chi connectivity index (χ2v) is 7.12. The molecule has 0 unspecified atom stereocenters. The zero-order chi connectivity index (χ0) is 20.1. The van der Waals surface area contributed by atoms with E-state index in [2.05, 4.69) is 14.9 Å². The smallest absolute Gasteiger partial charge is 0.410 e. The molecular formula is C23H24N4O2. The molecule has 29 heavy (non-hydrogen) atoms. The Balaban J connectivity index is 1.30.